The monoisotopic (exact) mass is 299 g/mol. The predicted octanol–water partition coefficient (Wildman–Crippen LogP) is 2.06. The molecule has 1 aliphatic heterocycles. The van der Waals surface area contributed by atoms with Gasteiger partial charge in [0, 0.05) is 18.5 Å². The number of aryl methyl sites for hydroxylation is 1. The van der Waals surface area contributed by atoms with E-state index in [2.05, 4.69) is 15.6 Å². The molecule has 2 heterocycles. The standard InChI is InChI=1S/C17H21N3O2/c1-12-4-6-13(7-5-12)17-20-14(11-22-17)8-10-19-16(21)15-3-2-9-18-15/h4-7,11,15,18H,2-3,8-10H2,1H3,(H,19,21). The number of benzene rings is 1. The molecule has 3 rings (SSSR count). The SMILES string of the molecule is Cc1ccc(-c2nc(CCNC(=O)C3CCCN3)co2)cc1. The zero-order chi connectivity index (χ0) is 15.4. The molecule has 1 fully saturated rings. The summed E-state index contributed by atoms with van der Waals surface area (Å²) in [6.45, 7) is 3.56. The summed E-state index contributed by atoms with van der Waals surface area (Å²) < 4.78 is 5.51. The van der Waals surface area contributed by atoms with Crippen LogP contribution in [0.25, 0.3) is 11.5 Å². The van der Waals surface area contributed by atoms with Crippen LogP contribution < -0.4 is 10.6 Å². The van der Waals surface area contributed by atoms with Gasteiger partial charge >= 0.3 is 0 Å². The number of hydrogen-bond donors (Lipinski definition) is 2. The number of aromatic nitrogens is 1. The number of rotatable bonds is 5. The molecule has 1 saturated heterocycles. The molecule has 0 saturated carbocycles. The van der Waals surface area contributed by atoms with E-state index in [4.69, 9.17) is 4.42 Å². The van der Waals surface area contributed by atoms with Crippen molar-refractivity contribution in [1.29, 1.82) is 0 Å². The topological polar surface area (TPSA) is 67.2 Å². The molecule has 1 amide bonds. The molecule has 22 heavy (non-hydrogen) atoms. The quantitative estimate of drug-likeness (QED) is 0.887. The number of carbonyl (C=O) groups excluding carboxylic acids is 1. The van der Waals surface area contributed by atoms with E-state index in [0.717, 1.165) is 30.6 Å². The molecule has 0 bridgehead atoms. The maximum Gasteiger partial charge on any atom is 0.237 e. The van der Waals surface area contributed by atoms with E-state index in [0.29, 0.717) is 18.9 Å². The molecule has 1 aliphatic rings. The van der Waals surface area contributed by atoms with Gasteiger partial charge in [0.2, 0.25) is 11.8 Å². The number of nitrogens with zero attached hydrogens (tertiary/aromatic N) is 1. The van der Waals surface area contributed by atoms with Crippen LogP contribution in [0.3, 0.4) is 0 Å². The van der Waals surface area contributed by atoms with Gasteiger partial charge in [-0.3, -0.25) is 4.79 Å². The van der Waals surface area contributed by atoms with Gasteiger partial charge in [-0.05, 0) is 38.4 Å². The van der Waals surface area contributed by atoms with E-state index in [-0.39, 0.29) is 11.9 Å². The predicted molar refractivity (Wildman–Crippen MR) is 84.4 cm³/mol. The molecule has 5 heteroatoms. The Hall–Kier alpha value is -2.14. The maximum atomic E-state index is 11.9. The summed E-state index contributed by atoms with van der Waals surface area (Å²) in [5.74, 6) is 0.707. The van der Waals surface area contributed by atoms with Gasteiger partial charge in [0.1, 0.15) is 6.26 Å². The third kappa shape index (κ3) is 3.54. The van der Waals surface area contributed by atoms with Crippen LogP contribution in [-0.2, 0) is 11.2 Å². The van der Waals surface area contributed by atoms with Gasteiger partial charge in [-0.25, -0.2) is 4.98 Å². The summed E-state index contributed by atoms with van der Waals surface area (Å²) in [4.78, 5) is 16.3. The van der Waals surface area contributed by atoms with Crippen molar-refractivity contribution in [3.8, 4) is 11.5 Å². The fourth-order valence-electron chi connectivity index (χ4n) is 2.60. The Labute approximate surface area is 130 Å². The third-order valence-corrected chi connectivity index (χ3v) is 3.91. The number of hydrogen-bond acceptors (Lipinski definition) is 4. The van der Waals surface area contributed by atoms with Crippen LogP contribution in [0.1, 0.15) is 24.1 Å². The second-order valence-electron chi connectivity index (χ2n) is 5.70. The molecule has 5 nitrogen and oxygen atoms in total. The van der Waals surface area contributed by atoms with Crippen molar-refractivity contribution in [3.05, 3.63) is 41.8 Å². The van der Waals surface area contributed by atoms with E-state index in [1.54, 1.807) is 6.26 Å². The van der Waals surface area contributed by atoms with Crippen LogP contribution in [0.15, 0.2) is 34.9 Å². The molecule has 0 spiro atoms. The zero-order valence-electron chi connectivity index (χ0n) is 12.8. The Kier molecular flexibility index (Phi) is 4.53. The first-order valence-corrected chi connectivity index (χ1v) is 7.75. The maximum absolute atomic E-state index is 11.9. The Balaban J connectivity index is 1.51. The molecule has 116 valence electrons. The summed E-state index contributed by atoms with van der Waals surface area (Å²) in [5.41, 5.74) is 3.03. The van der Waals surface area contributed by atoms with Gasteiger partial charge in [-0.1, -0.05) is 17.7 Å². The molecule has 1 unspecified atom stereocenters. The summed E-state index contributed by atoms with van der Waals surface area (Å²) in [7, 11) is 0. The van der Waals surface area contributed by atoms with Crippen LogP contribution >= 0.6 is 0 Å². The Morgan fingerprint density at radius 1 is 1.41 bits per heavy atom. The van der Waals surface area contributed by atoms with Gasteiger partial charge in [-0.2, -0.15) is 0 Å². The van der Waals surface area contributed by atoms with E-state index in [9.17, 15) is 4.79 Å². The van der Waals surface area contributed by atoms with Crippen molar-refractivity contribution >= 4 is 5.91 Å². The normalized spacial score (nSPS) is 17.6. The van der Waals surface area contributed by atoms with Crippen LogP contribution in [0, 0.1) is 6.92 Å². The minimum absolute atomic E-state index is 0.0274. The molecule has 2 N–H and O–H groups in total. The van der Waals surface area contributed by atoms with Crippen molar-refractivity contribution in [2.75, 3.05) is 13.1 Å². The van der Waals surface area contributed by atoms with Gasteiger partial charge in [0.05, 0.1) is 11.7 Å². The first-order valence-electron chi connectivity index (χ1n) is 7.75. The molecule has 2 aromatic rings. The number of oxazole rings is 1. The first-order chi connectivity index (χ1) is 10.7. The van der Waals surface area contributed by atoms with Crippen LogP contribution in [0.5, 0.6) is 0 Å². The van der Waals surface area contributed by atoms with Gasteiger partial charge in [0.15, 0.2) is 0 Å². The minimum atomic E-state index is -0.0274. The average Bonchev–Trinajstić information content (AvgIpc) is 3.19. The van der Waals surface area contributed by atoms with E-state index in [1.165, 1.54) is 5.56 Å². The number of amides is 1. The first kappa shape index (κ1) is 14.8. The van der Waals surface area contributed by atoms with Crippen LogP contribution in [-0.4, -0.2) is 30.0 Å². The van der Waals surface area contributed by atoms with Gasteiger partial charge < -0.3 is 15.1 Å². The van der Waals surface area contributed by atoms with E-state index >= 15 is 0 Å². The molecule has 0 aliphatic carbocycles. The Morgan fingerprint density at radius 3 is 2.95 bits per heavy atom. The van der Waals surface area contributed by atoms with Crippen molar-refractivity contribution in [3.63, 3.8) is 0 Å². The van der Waals surface area contributed by atoms with E-state index < -0.39 is 0 Å². The summed E-state index contributed by atoms with van der Waals surface area (Å²) in [6.07, 6.45) is 4.33. The fraction of sp³-hybridized carbons (Fsp3) is 0.412. The lowest BCUT2D eigenvalue weighted by Crippen LogP contribution is -2.41. The second-order valence-corrected chi connectivity index (χ2v) is 5.70. The summed E-state index contributed by atoms with van der Waals surface area (Å²) >= 11 is 0. The number of nitrogens with one attached hydrogen (secondary N) is 2. The summed E-state index contributed by atoms with van der Waals surface area (Å²) in [6, 6.07) is 8.04. The number of carbonyl (C=O) groups is 1. The smallest absolute Gasteiger partial charge is 0.237 e. The molecule has 0 radical (unpaired) electrons. The molecule has 1 atom stereocenters. The lowest BCUT2D eigenvalue weighted by atomic mass is 10.1. The second kappa shape index (κ2) is 6.75. The van der Waals surface area contributed by atoms with Gasteiger partial charge in [-0.15, -0.1) is 0 Å². The van der Waals surface area contributed by atoms with Crippen LogP contribution in [0.2, 0.25) is 0 Å². The highest BCUT2D eigenvalue weighted by Gasteiger charge is 2.21. The Bertz CT molecular complexity index is 628. The lowest BCUT2D eigenvalue weighted by Gasteiger charge is -2.09. The van der Waals surface area contributed by atoms with Crippen molar-refractivity contribution < 1.29 is 9.21 Å². The highest BCUT2D eigenvalue weighted by atomic mass is 16.3. The van der Waals surface area contributed by atoms with E-state index in [1.807, 2.05) is 31.2 Å². The minimum Gasteiger partial charge on any atom is -0.444 e. The summed E-state index contributed by atoms with van der Waals surface area (Å²) in [5, 5.41) is 6.14. The molecule has 1 aromatic heterocycles. The molecular formula is C17H21N3O2. The van der Waals surface area contributed by atoms with Crippen molar-refractivity contribution in [2.45, 2.75) is 32.2 Å². The lowest BCUT2D eigenvalue weighted by molar-refractivity contribution is -0.122. The van der Waals surface area contributed by atoms with Gasteiger partial charge in [0.25, 0.3) is 0 Å². The van der Waals surface area contributed by atoms with Crippen LogP contribution in [0.4, 0.5) is 0 Å². The molecule has 1 aromatic carbocycles. The molecular weight excluding hydrogens is 278 g/mol. The fourth-order valence-corrected chi connectivity index (χ4v) is 2.60. The third-order valence-electron chi connectivity index (χ3n) is 3.91. The van der Waals surface area contributed by atoms with Crippen molar-refractivity contribution in [2.24, 2.45) is 0 Å². The van der Waals surface area contributed by atoms with Crippen molar-refractivity contribution in [1.82, 2.24) is 15.6 Å². The largest absolute Gasteiger partial charge is 0.444 e. The highest BCUT2D eigenvalue weighted by Crippen LogP contribution is 2.19. The highest BCUT2D eigenvalue weighted by molar-refractivity contribution is 5.81. The average molecular weight is 299 g/mol. The zero-order valence-corrected chi connectivity index (χ0v) is 12.8. The Morgan fingerprint density at radius 2 is 2.23 bits per heavy atom.